The van der Waals surface area contributed by atoms with E-state index < -0.39 is 0 Å². The van der Waals surface area contributed by atoms with Crippen LogP contribution < -0.4 is 0 Å². The third kappa shape index (κ3) is 2.32. The third-order valence-corrected chi connectivity index (χ3v) is 3.70. The molecule has 3 rings (SSSR count). The Labute approximate surface area is 124 Å². The fourth-order valence-electron chi connectivity index (χ4n) is 2.47. The van der Waals surface area contributed by atoms with Crippen LogP contribution in [0.15, 0.2) is 42.5 Å². The molecule has 1 heterocycles. The van der Waals surface area contributed by atoms with Gasteiger partial charge in [-0.05, 0) is 31.5 Å². The molecule has 0 saturated carbocycles. The first-order valence-electron chi connectivity index (χ1n) is 6.92. The van der Waals surface area contributed by atoms with Gasteiger partial charge >= 0.3 is 0 Å². The van der Waals surface area contributed by atoms with Crippen LogP contribution in [0.2, 0.25) is 5.02 Å². The fraction of sp³-hybridized carbons (Fsp3) is 0.235. The van der Waals surface area contributed by atoms with Crippen molar-refractivity contribution in [2.75, 3.05) is 0 Å². The Morgan fingerprint density at radius 2 is 1.85 bits per heavy atom. The Kier molecular flexibility index (Phi) is 3.49. The van der Waals surface area contributed by atoms with Crippen molar-refractivity contribution < 1.29 is 0 Å². The molecule has 0 atom stereocenters. The fourth-order valence-corrected chi connectivity index (χ4v) is 2.64. The minimum Gasteiger partial charge on any atom is -0.324 e. The van der Waals surface area contributed by atoms with Gasteiger partial charge in [-0.3, -0.25) is 0 Å². The van der Waals surface area contributed by atoms with Crippen LogP contribution in [0.5, 0.6) is 0 Å². The Balaban J connectivity index is 2.23. The summed E-state index contributed by atoms with van der Waals surface area (Å²) in [4.78, 5) is 4.78. The molecule has 0 unspecified atom stereocenters. The maximum atomic E-state index is 6.13. The molecular weight excluding hydrogens is 268 g/mol. The number of fused-ring (bicyclic) bond motifs is 1. The number of benzene rings is 2. The highest BCUT2D eigenvalue weighted by atomic mass is 35.5. The molecule has 0 radical (unpaired) electrons. The lowest BCUT2D eigenvalue weighted by molar-refractivity contribution is 0.704. The first-order valence-corrected chi connectivity index (χ1v) is 7.29. The van der Waals surface area contributed by atoms with E-state index in [-0.39, 0.29) is 0 Å². The van der Waals surface area contributed by atoms with E-state index in [9.17, 15) is 0 Å². The lowest BCUT2D eigenvalue weighted by Crippen LogP contribution is -1.99. The number of halogens is 1. The second-order valence-electron chi connectivity index (χ2n) is 5.09. The number of aromatic nitrogens is 2. The first-order chi connectivity index (χ1) is 9.69. The number of nitrogens with zero attached hydrogens (tertiary/aromatic N) is 2. The Hall–Kier alpha value is -1.80. The summed E-state index contributed by atoms with van der Waals surface area (Å²) in [6.45, 7) is 5.22. The van der Waals surface area contributed by atoms with Gasteiger partial charge in [-0.15, -0.1) is 0 Å². The van der Waals surface area contributed by atoms with Gasteiger partial charge in [-0.25, -0.2) is 4.98 Å². The van der Waals surface area contributed by atoms with Gasteiger partial charge in [0.2, 0.25) is 0 Å². The number of hydrogen-bond acceptors (Lipinski definition) is 1. The van der Waals surface area contributed by atoms with E-state index in [1.54, 1.807) is 0 Å². The van der Waals surface area contributed by atoms with Crippen molar-refractivity contribution >= 4 is 22.6 Å². The largest absolute Gasteiger partial charge is 0.324 e. The summed E-state index contributed by atoms with van der Waals surface area (Å²) < 4.78 is 2.26. The van der Waals surface area contributed by atoms with Crippen LogP contribution in [-0.4, -0.2) is 9.55 Å². The van der Waals surface area contributed by atoms with Gasteiger partial charge in [-0.2, -0.15) is 0 Å². The predicted molar refractivity (Wildman–Crippen MR) is 85.2 cm³/mol. The lowest BCUT2D eigenvalue weighted by Gasteiger charge is -2.08. The molecular formula is C17H17ClN2. The summed E-state index contributed by atoms with van der Waals surface area (Å²) in [7, 11) is 0. The highest BCUT2D eigenvalue weighted by Gasteiger charge is 2.12. The average molecular weight is 285 g/mol. The maximum absolute atomic E-state index is 6.13. The molecule has 0 aliphatic heterocycles. The Morgan fingerprint density at radius 3 is 2.55 bits per heavy atom. The van der Waals surface area contributed by atoms with Crippen molar-refractivity contribution in [3.63, 3.8) is 0 Å². The molecule has 20 heavy (non-hydrogen) atoms. The van der Waals surface area contributed by atoms with Gasteiger partial charge in [0, 0.05) is 17.1 Å². The second-order valence-corrected chi connectivity index (χ2v) is 5.52. The smallest absolute Gasteiger partial charge is 0.141 e. The van der Waals surface area contributed by atoms with Crippen molar-refractivity contribution in [2.45, 2.75) is 26.8 Å². The van der Waals surface area contributed by atoms with Crippen LogP contribution in [-0.2, 0) is 6.54 Å². The van der Waals surface area contributed by atoms with Gasteiger partial charge in [0.05, 0.1) is 11.0 Å². The van der Waals surface area contributed by atoms with E-state index in [0.717, 1.165) is 40.4 Å². The van der Waals surface area contributed by atoms with Crippen LogP contribution in [0.1, 0.15) is 18.9 Å². The number of rotatable bonds is 3. The van der Waals surface area contributed by atoms with Gasteiger partial charge in [0.25, 0.3) is 0 Å². The van der Waals surface area contributed by atoms with Crippen molar-refractivity contribution in [1.82, 2.24) is 9.55 Å². The molecule has 0 saturated heterocycles. The minimum absolute atomic E-state index is 0.755. The van der Waals surface area contributed by atoms with Crippen molar-refractivity contribution in [3.8, 4) is 11.4 Å². The number of imidazole rings is 1. The minimum atomic E-state index is 0.755. The Morgan fingerprint density at radius 1 is 1.10 bits per heavy atom. The highest BCUT2D eigenvalue weighted by Crippen LogP contribution is 2.27. The lowest BCUT2D eigenvalue weighted by atomic mass is 10.1. The zero-order valence-corrected chi connectivity index (χ0v) is 12.5. The van der Waals surface area contributed by atoms with E-state index in [2.05, 4.69) is 42.7 Å². The first kappa shape index (κ1) is 13.2. The summed E-state index contributed by atoms with van der Waals surface area (Å²) in [5.41, 5.74) is 4.51. The highest BCUT2D eigenvalue weighted by molar-refractivity contribution is 6.31. The molecule has 0 aliphatic rings. The zero-order chi connectivity index (χ0) is 14.1. The standard InChI is InChI=1S/C17H17ClN2/c1-3-10-20-16-11-14(18)8-9-15(16)19-17(20)13-6-4-12(2)5-7-13/h4-9,11H,3,10H2,1-2H3. The summed E-state index contributed by atoms with van der Waals surface area (Å²) >= 11 is 6.13. The molecule has 0 N–H and O–H groups in total. The van der Waals surface area contributed by atoms with E-state index in [1.807, 2.05) is 18.2 Å². The molecule has 0 aliphatic carbocycles. The topological polar surface area (TPSA) is 17.8 Å². The van der Waals surface area contributed by atoms with Crippen molar-refractivity contribution in [1.29, 1.82) is 0 Å². The molecule has 0 amide bonds. The van der Waals surface area contributed by atoms with Crippen LogP contribution in [0, 0.1) is 6.92 Å². The summed E-state index contributed by atoms with van der Waals surface area (Å²) in [6, 6.07) is 14.4. The SMILES string of the molecule is CCCn1c(-c2ccc(C)cc2)nc2ccc(Cl)cc21. The molecule has 3 heteroatoms. The molecule has 2 nitrogen and oxygen atoms in total. The van der Waals surface area contributed by atoms with Crippen molar-refractivity contribution in [3.05, 3.63) is 53.1 Å². The van der Waals surface area contributed by atoms with Crippen LogP contribution >= 0.6 is 11.6 Å². The maximum Gasteiger partial charge on any atom is 0.141 e. The summed E-state index contributed by atoms with van der Waals surface area (Å²) in [6.07, 6.45) is 1.07. The number of hydrogen-bond donors (Lipinski definition) is 0. The molecule has 1 aromatic heterocycles. The molecule has 102 valence electrons. The van der Waals surface area contributed by atoms with Crippen LogP contribution in [0.4, 0.5) is 0 Å². The zero-order valence-electron chi connectivity index (χ0n) is 11.7. The van der Waals surface area contributed by atoms with Crippen LogP contribution in [0.3, 0.4) is 0 Å². The average Bonchev–Trinajstić information content (AvgIpc) is 2.79. The normalized spacial score (nSPS) is 11.2. The number of aryl methyl sites for hydroxylation is 2. The predicted octanol–water partition coefficient (Wildman–Crippen LogP) is 5.08. The summed E-state index contributed by atoms with van der Waals surface area (Å²) in [5.74, 6) is 1.02. The quantitative estimate of drug-likeness (QED) is 0.656. The molecule has 0 spiro atoms. The summed E-state index contributed by atoms with van der Waals surface area (Å²) in [5, 5.41) is 0.755. The second kappa shape index (κ2) is 5.29. The van der Waals surface area contributed by atoms with E-state index >= 15 is 0 Å². The van der Waals surface area contributed by atoms with E-state index in [4.69, 9.17) is 16.6 Å². The van der Waals surface area contributed by atoms with Gasteiger partial charge in [-0.1, -0.05) is 48.4 Å². The van der Waals surface area contributed by atoms with E-state index in [1.165, 1.54) is 5.56 Å². The van der Waals surface area contributed by atoms with Gasteiger partial charge in [0.1, 0.15) is 5.82 Å². The van der Waals surface area contributed by atoms with Gasteiger partial charge in [0.15, 0.2) is 0 Å². The van der Waals surface area contributed by atoms with E-state index in [0.29, 0.717) is 0 Å². The molecule has 0 fully saturated rings. The van der Waals surface area contributed by atoms with Crippen LogP contribution in [0.25, 0.3) is 22.4 Å². The molecule has 2 aromatic carbocycles. The van der Waals surface area contributed by atoms with Gasteiger partial charge < -0.3 is 4.57 Å². The Bertz CT molecular complexity index is 742. The third-order valence-electron chi connectivity index (χ3n) is 3.47. The molecule has 0 bridgehead atoms. The molecule has 3 aromatic rings. The van der Waals surface area contributed by atoms with Crippen molar-refractivity contribution in [2.24, 2.45) is 0 Å². The monoisotopic (exact) mass is 284 g/mol.